The van der Waals surface area contributed by atoms with Crippen molar-refractivity contribution in [3.05, 3.63) is 63.8 Å². The van der Waals surface area contributed by atoms with E-state index in [1.165, 1.54) is 6.07 Å². The SMILES string of the molecule is Cc1c(CC(=O)NCc2cccnc2)c(=O)oc2cc(O)cc(O)c12. The van der Waals surface area contributed by atoms with E-state index in [9.17, 15) is 19.8 Å². The number of aromatic nitrogens is 1. The average Bonchev–Trinajstić information content (AvgIpc) is 2.57. The number of amides is 1. The minimum absolute atomic E-state index is 0.0690. The number of aryl methyl sites for hydroxylation is 1. The normalized spacial score (nSPS) is 10.8. The topological polar surface area (TPSA) is 113 Å². The number of aromatic hydroxyl groups is 2. The van der Waals surface area contributed by atoms with Crippen LogP contribution in [0.2, 0.25) is 0 Å². The fourth-order valence-corrected chi connectivity index (χ4v) is 2.64. The van der Waals surface area contributed by atoms with Crippen molar-refractivity contribution in [2.75, 3.05) is 0 Å². The molecule has 3 aromatic rings. The van der Waals surface area contributed by atoms with Crippen LogP contribution in [0.4, 0.5) is 0 Å². The molecule has 0 spiro atoms. The Kier molecular flexibility index (Phi) is 4.38. The molecule has 128 valence electrons. The molecule has 0 saturated carbocycles. The number of nitrogens with one attached hydrogen (secondary N) is 1. The molecule has 0 atom stereocenters. The van der Waals surface area contributed by atoms with Crippen molar-refractivity contribution in [3.63, 3.8) is 0 Å². The standard InChI is InChI=1S/C18H16N2O5/c1-10-13(7-16(23)20-9-11-3-2-4-19-8-11)18(24)25-15-6-12(21)5-14(22)17(10)15/h2-6,8,21-22H,7,9H2,1H3,(H,20,23). The second-order valence-electron chi connectivity index (χ2n) is 5.65. The van der Waals surface area contributed by atoms with E-state index in [1.54, 1.807) is 25.4 Å². The molecule has 3 rings (SSSR count). The fourth-order valence-electron chi connectivity index (χ4n) is 2.64. The molecule has 25 heavy (non-hydrogen) atoms. The third-order valence-electron chi connectivity index (χ3n) is 3.89. The van der Waals surface area contributed by atoms with Gasteiger partial charge in [-0.1, -0.05) is 6.07 Å². The second kappa shape index (κ2) is 6.64. The average molecular weight is 340 g/mol. The van der Waals surface area contributed by atoms with E-state index < -0.39 is 5.63 Å². The summed E-state index contributed by atoms with van der Waals surface area (Å²) < 4.78 is 5.13. The van der Waals surface area contributed by atoms with Crippen molar-refractivity contribution >= 4 is 16.9 Å². The van der Waals surface area contributed by atoms with Gasteiger partial charge < -0.3 is 19.9 Å². The summed E-state index contributed by atoms with van der Waals surface area (Å²) >= 11 is 0. The van der Waals surface area contributed by atoms with Crippen LogP contribution in [0.3, 0.4) is 0 Å². The molecule has 0 radical (unpaired) electrons. The summed E-state index contributed by atoms with van der Waals surface area (Å²) in [5, 5.41) is 22.5. The maximum atomic E-state index is 12.2. The van der Waals surface area contributed by atoms with Gasteiger partial charge in [0.2, 0.25) is 5.91 Å². The van der Waals surface area contributed by atoms with Crippen molar-refractivity contribution in [1.82, 2.24) is 10.3 Å². The largest absolute Gasteiger partial charge is 0.508 e. The number of carbonyl (C=O) groups excluding carboxylic acids is 1. The van der Waals surface area contributed by atoms with Crippen LogP contribution in [0.1, 0.15) is 16.7 Å². The van der Waals surface area contributed by atoms with Crippen LogP contribution >= 0.6 is 0 Å². The first-order chi connectivity index (χ1) is 12.0. The lowest BCUT2D eigenvalue weighted by Gasteiger charge is -2.10. The van der Waals surface area contributed by atoms with Gasteiger partial charge >= 0.3 is 5.63 Å². The van der Waals surface area contributed by atoms with Gasteiger partial charge in [0, 0.05) is 31.1 Å². The molecule has 0 saturated heterocycles. The van der Waals surface area contributed by atoms with E-state index in [0.29, 0.717) is 17.5 Å². The minimum atomic E-state index is -0.675. The Morgan fingerprint density at radius 2 is 2.12 bits per heavy atom. The highest BCUT2D eigenvalue weighted by Gasteiger charge is 2.17. The number of phenolic OH excluding ortho intramolecular Hbond substituents is 2. The molecule has 1 aromatic carbocycles. The Hall–Kier alpha value is -3.35. The van der Waals surface area contributed by atoms with Gasteiger partial charge in [-0.05, 0) is 24.1 Å². The van der Waals surface area contributed by atoms with Gasteiger partial charge in [-0.3, -0.25) is 9.78 Å². The van der Waals surface area contributed by atoms with Gasteiger partial charge in [-0.25, -0.2) is 4.79 Å². The van der Waals surface area contributed by atoms with Crippen LogP contribution in [-0.4, -0.2) is 21.1 Å². The second-order valence-corrected chi connectivity index (χ2v) is 5.65. The lowest BCUT2D eigenvalue weighted by Crippen LogP contribution is -2.27. The van der Waals surface area contributed by atoms with Gasteiger partial charge in [0.1, 0.15) is 17.1 Å². The Morgan fingerprint density at radius 3 is 2.84 bits per heavy atom. The summed E-state index contributed by atoms with van der Waals surface area (Å²) in [4.78, 5) is 28.3. The summed E-state index contributed by atoms with van der Waals surface area (Å²) in [7, 11) is 0. The molecule has 3 N–H and O–H groups in total. The molecule has 0 aliphatic rings. The predicted octanol–water partition coefficient (Wildman–Crippen LogP) is 1.77. The van der Waals surface area contributed by atoms with Gasteiger partial charge in [0.25, 0.3) is 0 Å². The molecular weight excluding hydrogens is 324 g/mol. The number of hydrogen-bond acceptors (Lipinski definition) is 6. The van der Waals surface area contributed by atoms with E-state index in [4.69, 9.17) is 4.42 Å². The maximum absolute atomic E-state index is 12.2. The first kappa shape index (κ1) is 16.5. The van der Waals surface area contributed by atoms with Crippen LogP contribution < -0.4 is 10.9 Å². The number of pyridine rings is 1. The highest BCUT2D eigenvalue weighted by molar-refractivity contribution is 5.89. The Bertz CT molecular complexity index is 996. The van der Waals surface area contributed by atoms with Crippen molar-refractivity contribution in [1.29, 1.82) is 0 Å². The number of hydrogen-bond donors (Lipinski definition) is 3. The molecular formula is C18H16N2O5. The Labute approximate surface area is 142 Å². The van der Waals surface area contributed by atoms with Gasteiger partial charge in [0.05, 0.1) is 17.4 Å². The number of rotatable bonds is 4. The molecule has 0 aliphatic heterocycles. The third-order valence-corrected chi connectivity index (χ3v) is 3.89. The number of fused-ring (bicyclic) bond motifs is 1. The third kappa shape index (κ3) is 3.45. The Balaban J connectivity index is 1.86. The molecule has 7 heteroatoms. The summed E-state index contributed by atoms with van der Waals surface area (Å²) in [6.45, 7) is 1.92. The molecule has 0 fully saturated rings. The van der Waals surface area contributed by atoms with E-state index in [-0.39, 0.29) is 35.0 Å². The summed E-state index contributed by atoms with van der Waals surface area (Å²) in [6, 6.07) is 5.99. The number of phenols is 2. The highest BCUT2D eigenvalue weighted by atomic mass is 16.4. The summed E-state index contributed by atoms with van der Waals surface area (Å²) in [5.74, 6) is -0.778. The molecule has 1 amide bonds. The van der Waals surface area contributed by atoms with Gasteiger partial charge in [-0.15, -0.1) is 0 Å². The molecule has 0 aliphatic carbocycles. The van der Waals surface area contributed by atoms with Crippen molar-refractivity contribution in [2.24, 2.45) is 0 Å². The first-order valence-electron chi connectivity index (χ1n) is 7.59. The van der Waals surface area contributed by atoms with Crippen LogP contribution in [0.25, 0.3) is 11.0 Å². The molecule has 2 heterocycles. The zero-order valence-electron chi connectivity index (χ0n) is 13.4. The number of benzene rings is 1. The maximum Gasteiger partial charge on any atom is 0.340 e. The quantitative estimate of drug-likeness (QED) is 0.624. The van der Waals surface area contributed by atoms with Crippen molar-refractivity contribution < 1.29 is 19.4 Å². The number of nitrogens with zero attached hydrogens (tertiary/aromatic N) is 1. The number of carbonyl (C=O) groups is 1. The van der Waals surface area contributed by atoms with Gasteiger partial charge in [0.15, 0.2) is 0 Å². The van der Waals surface area contributed by atoms with Gasteiger partial charge in [-0.2, -0.15) is 0 Å². The van der Waals surface area contributed by atoms with Crippen molar-refractivity contribution in [3.8, 4) is 11.5 Å². The fraction of sp³-hybridized carbons (Fsp3) is 0.167. The zero-order valence-corrected chi connectivity index (χ0v) is 13.4. The Morgan fingerprint density at radius 1 is 1.32 bits per heavy atom. The smallest absolute Gasteiger partial charge is 0.340 e. The van der Waals surface area contributed by atoms with Crippen LogP contribution in [0, 0.1) is 6.92 Å². The monoisotopic (exact) mass is 340 g/mol. The molecule has 0 bridgehead atoms. The molecule has 0 unspecified atom stereocenters. The minimum Gasteiger partial charge on any atom is -0.508 e. The van der Waals surface area contributed by atoms with Crippen LogP contribution in [-0.2, 0) is 17.8 Å². The van der Waals surface area contributed by atoms with E-state index in [2.05, 4.69) is 10.3 Å². The molecule has 7 nitrogen and oxygen atoms in total. The van der Waals surface area contributed by atoms with Crippen LogP contribution in [0.15, 0.2) is 45.9 Å². The lowest BCUT2D eigenvalue weighted by molar-refractivity contribution is -0.120. The van der Waals surface area contributed by atoms with Crippen molar-refractivity contribution in [2.45, 2.75) is 19.9 Å². The highest BCUT2D eigenvalue weighted by Crippen LogP contribution is 2.32. The predicted molar refractivity (Wildman–Crippen MR) is 90.3 cm³/mol. The van der Waals surface area contributed by atoms with Crippen LogP contribution in [0.5, 0.6) is 11.5 Å². The summed E-state index contributed by atoms with van der Waals surface area (Å²) in [5.41, 5.74) is 0.842. The summed E-state index contributed by atoms with van der Waals surface area (Å²) in [6.07, 6.45) is 3.10. The lowest BCUT2D eigenvalue weighted by atomic mass is 10.0. The van der Waals surface area contributed by atoms with E-state index in [0.717, 1.165) is 11.6 Å². The molecule has 2 aromatic heterocycles. The van der Waals surface area contributed by atoms with E-state index in [1.807, 2.05) is 6.07 Å². The first-order valence-corrected chi connectivity index (χ1v) is 7.59. The zero-order chi connectivity index (χ0) is 18.0. The van der Waals surface area contributed by atoms with E-state index >= 15 is 0 Å².